The Morgan fingerprint density at radius 3 is 2.79 bits per heavy atom. The SMILES string of the molecule is N#CCCCn1c(CN2C(=O)C3(CCN(C(=O)OC4COC4)CC3)c3ccncc32)cc2cc(Cl)ccc21. The number of hydrogen-bond acceptors (Lipinski definition) is 6. The average molecular weight is 534 g/mol. The molecule has 0 radical (unpaired) electrons. The second kappa shape index (κ2) is 9.93. The standard InChI is InChI=1S/C28H28ClN5O4/c29-20-3-4-24-19(13-20)14-21(33(24)10-2-1-8-30)16-34-25-15-31-9-5-23(25)28(26(34)35)6-11-32(12-7-28)27(36)38-22-17-37-18-22/h3-5,9,13-15,22H,1-2,6-7,10-12,16-18H2. The Hall–Kier alpha value is -3.61. The highest BCUT2D eigenvalue weighted by molar-refractivity contribution is 6.31. The van der Waals surface area contributed by atoms with Crippen LogP contribution in [0.25, 0.3) is 10.9 Å². The van der Waals surface area contributed by atoms with E-state index in [1.807, 2.05) is 29.2 Å². The van der Waals surface area contributed by atoms with E-state index in [0.29, 0.717) is 70.1 Å². The molecule has 2 amide bonds. The number of amides is 2. The molecule has 2 saturated heterocycles. The maximum absolute atomic E-state index is 14.2. The lowest BCUT2D eigenvalue weighted by Gasteiger charge is -2.39. The van der Waals surface area contributed by atoms with Gasteiger partial charge in [0.1, 0.15) is 0 Å². The maximum Gasteiger partial charge on any atom is 0.410 e. The van der Waals surface area contributed by atoms with Gasteiger partial charge in [0, 0.05) is 53.9 Å². The summed E-state index contributed by atoms with van der Waals surface area (Å²) in [6, 6.07) is 12.0. The third-order valence-electron chi connectivity index (χ3n) is 7.95. The Bertz CT molecular complexity index is 1430. The van der Waals surface area contributed by atoms with Gasteiger partial charge in [0.25, 0.3) is 0 Å². The fourth-order valence-electron chi connectivity index (χ4n) is 5.87. The Balaban J connectivity index is 1.28. The third-order valence-corrected chi connectivity index (χ3v) is 8.19. The quantitative estimate of drug-likeness (QED) is 0.435. The number of nitrogens with zero attached hydrogens (tertiary/aromatic N) is 5. The molecule has 3 aromatic rings. The van der Waals surface area contributed by atoms with Crippen LogP contribution in [0.2, 0.25) is 5.02 Å². The molecule has 1 spiro atoms. The summed E-state index contributed by atoms with van der Waals surface area (Å²) >= 11 is 6.27. The van der Waals surface area contributed by atoms with Crippen molar-refractivity contribution < 1.29 is 19.1 Å². The molecule has 2 aromatic heterocycles. The molecule has 0 atom stereocenters. The predicted molar refractivity (Wildman–Crippen MR) is 141 cm³/mol. The molecule has 6 rings (SSSR count). The Labute approximate surface area is 225 Å². The number of aromatic nitrogens is 2. The fraction of sp³-hybridized carbons (Fsp3) is 0.429. The fourth-order valence-corrected chi connectivity index (χ4v) is 6.05. The second-order valence-corrected chi connectivity index (χ2v) is 10.6. The van der Waals surface area contributed by atoms with Crippen molar-refractivity contribution in [2.75, 3.05) is 31.2 Å². The largest absolute Gasteiger partial charge is 0.441 e. The first-order valence-corrected chi connectivity index (χ1v) is 13.3. The highest BCUT2D eigenvalue weighted by Gasteiger charge is 2.53. The van der Waals surface area contributed by atoms with Crippen molar-refractivity contribution in [3.8, 4) is 6.07 Å². The first kappa shape index (κ1) is 24.7. The van der Waals surface area contributed by atoms with Crippen LogP contribution in [0.15, 0.2) is 42.7 Å². The van der Waals surface area contributed by atoms with Gasteiger partial charge in [-0.05, 0) is 55.2 Å². The molecule has 196 valence electrons. The molecule has 2 fully saturated rings. The number of carbonyl (C=O) groups excluding carboxylic acids is 2. The van der Waals surface area contributed by atoms with E-state index in [1.54, 1.807) is 17.3 Å². The number of ether oxygens (including phenoxy) is 2. The van der Waals surface area contributed by atoms with Gasteiger partial charge in [-0.3, -0.25) is 9.78 Å². The number of likely N-dealkylation sites (tertiary alicyclic amines) is 1. The van der Waals surface area contributed by atoms with Crippen molar-refractivity contribution in [3.63, 3.8) is 0 Å². The summed E-state index contributed by atoms with van der Waals surface area (Å²) < 4.78 is 12.8. The number of nitriles is 1. The van der Waals surface area contributed by atoms with Gasteiger partial charge in [-0.1, -0.05) is 11.6 Å². The number of aryl methyl sites for hydroxylation is 1. The topological polar surface area (TPSA) is 101 Å². The minimum absolute atomic E-state index is 0.0350. The summed E-state index contributed by atoms with van der Waals surface area (Å²) in [4.78, 5) is 34.6. The monoisotopic (exact) mass is 533 g/mol. The number of unbranched alkanes of at least 4 members (excludes halogenated alkanes) is 1. The molecule has 5 heterocycles. The van der Waals surface area contributed by atoms with Crippen LogP contribution in [0.3, 0.4) is 0 Å². The number of benzene rings is 1. The summed E-state index contributed by atoms with van der Waals surface area (Å²) in [5.41, 5.74) is 3.08. The van der Waals surface area contributed by atoms with Gasteiger partial charge in [-0.25, -0.2) is 4.79 Å². The van der Waals surface area contributed by atoms with Crippen LogP contribution in [0, 0.1) is 11.3 Å². The van der Waals surface area contributed by atoms with E-state index in [9.17, 15) is 9.59 Å². The molecule has 10 heteroatoms. The number of fused-ring (bicyclic) bond motifs is 3. The van der Waals surface area contributed by atoms with Crippen LogP contribution >= 0.6 is 11.6 Å². The predicted octanol–water partition coefficient (Wildman–Crippen LogP) is 4.41. The van der Waals surface area contributed by atoms with Crippen LogP contribution in [-0.4, -0.2) is 58.9 Å². The van der Waals surface area contributed by atoms with E-state index in [-0.39, 0.29) is 18.1 Å². The Kier molecular flexibility index (Phi) is 6.46. The zero-order chi connectivity index (χ0) is 26.3. The smallest absolute Gasteiger partial charge is 0.410 e. The molecule has 9 nitrogen and oxygen atoms in total. The van der Waals surface area contributed by atoms with Crippen LogP contribution < -0.4 is 4.90 Å². The number of carbonyl (C=O) groups is 2. The molecule has 0 unspecified atom stereocenters. The summed E-state index contributed by atoms with van der Waals surface area (Å²) in [7, 11) is 0. The molecule has 1 aromatic carbocycles. The van der Waals surface area contributed by atoms with E-state index in [4.69, 9.17) is 26.3 Å². The Morgan fingerprint density at radius 1 is 1.24 bits per heavy atom. The molecule has 3 aliphatic rings. The first-order valence-electron chi connectivity index (χ1n) is 12.9. The van der Waals surface area contributed by atoms with Gasteiger partial charge in [-0.2, -0.15) is 5.26 Å². The molecule has 0 N–H and O–H groups in total. The van der Waals surface area contributed by atoms with Crippen LogP contribution in [-0.2, 0) is 32.8 Å². The van der Waals surface area contributed by atoms with E-state index in [1.165, 1.54) is 0 Å². The van der Waals surface area contributed by atoms with Crippen molar-refractivity contribution in [2.45, 2.75) is 50.3 Å². The van der Waals surface area contributed by atoms with Gasteiger partial charge in [0.15, 0.2) is 6.10 Å². The lowest BCUT2D eigenvalue weighted by atomic mass is 9.74. The number of anilines is 1. The minimum atomic E-state index is -0.699. The molecular weight excluding hydrogens is 506 g/mol. The zero-order valence-electron chi connectivity index (χ0n) is 20.9. The molecule has 3 aliphatic heterocycles. The number of hydrogen-bond donors (Lipinski definition) is 0. The summed E-state index contributed by atoms with van der Waals surface area (Å²) in [5, 5.41) is 10.7. The van der Waals surface area contributed by atoms with Crippen molar-refractivity contribution in [1.29, 1.82) is 5.26 Å². The van der Waals surface area contributed by atoms with Crippen molar-refractivity contribution >= 4 is 40.2 Å². The van der Waals surface area contributed by atoms with E-state index in [2.05, 4.69) is 21.7 Å². The average Bonchev–Trinajstić information content (AvgIpc) is 3.35. The van der Waals surface area contributed by atoms with Gasteiger partial charge in [-0.15, -0.1) is 0 Å². The number of piperidine rings is 1. The molecule has 0 saturated carbocycles. The lowest BCUT2D eigenvalue weighted by Crippen LogP contribution is -2.51. The number of pyridine rings is 1. The molecular formula is C28H28ClN5O4. The van der Waals surface area contributed by atoms with Crippen molar-refractivity contribution in [1.82, 2.24) is 14.5 Å². The van der Waals surface area contributed by atoms with E-state index >= 15 is 0 Å². The lowest BCUT2D eigenvalue weighted by molar-refractivity contribution is -0.125. The molecule has 0 bridgehead atoms. The summed E-state index contributed by atoms with van der Waals surface area (Å²) in [5.74, 6) is 0.0350. The second-order valence-electron chi connectivity index (χ2n) is 10.1. The van der Waals surface area contributed by atoms with Crippen LogP contribution in [0.4, 0.5) is 10.5 Å². The van der Waals surface area contributed by atoms with Gasteiger partial charge in [0.2, 0.25) is 5.91 Å². The number of rotatable bonds is 6. The number of halogens is 1. The van der Waals surface area contributed by atoms with Gasteiger partial charge >= 0.3 is 6.09 Å². The normalized spacial score (nSPS) is 18.5. The molecule has 38 heavy (non-hydrogen) atoms. The summed E-state index contributed by atoms with van der Waals surface area (Å²) in [6.07, 6.45) is 5.19. The Morgan fingerprint density at radius 2 is 2.05 bits per heavy atom. The van der Waals surface area contributed by atoms with Crippen LogP contribution in [0.1, 0.15) is 36.9 Å². The van der Waals surface area contributed by atoms with Crippen LogP contribution in [0.5, 0.6) is 0 Å². The molecule has 0 aliphatic carbocycles. The van der Waals surface area contributed by atoms with Gasteiger partial charge < -0.3 is 23.8 Å². The summed E-state index contributed by atoms with van der Waals surface area (Å²) in [6.45, 7) is 2.82. The van der Waals surface area contributed by atoms with Gasteiger partial charge in [0.05, 0.1) is 43.1 Å². The van der Waals surface area contributed by atoms with E-state index < -0.39 is 5.41 Å². The highest BCUT2D eigenvalue weighted by Crippen LogP contribution is 2.48. The first-order chi connectivity index (χ1) is 18.5. The van der Waals surface area contributed by atoms with Crippen molar-refractivity contribution in [3.05, 3.63) is 59.0 Å². The highest BCUT2D eigenvalue weighted by atomic mass is 35.5. The van der Waals surface area contributed by atoms with Crippen molar-refractivity contribution in [2.24, 2.45) is 0 Å². The zero-order valence-corrected chi connectivity index (χ0v) is 21.7. The minimum Gasteiger partial charge on any atom is -0.441 e. The van der Waals surface area contributed by atoms with E-state index in [0.717, 1.165) is 27.8 Å². The maximum atomic E-state index is 14.2. The third kappa shape index (κ3) is 4.18.